The molecule has 0 aromatic heterocycles. The lowest BCUT2D eigenvalue weighted by molar-refractivity contribution is 0.0595. The van der Waals surface area contributed by atoms with Crippen molar-refractivity contribution in [2.45, 2.75) is 46.3 Å². The summed E-state index contributed by atoms with van der Waals surface area (Å²) in [4.78, 5) is 29.8. The van der Waals surface area contributed by atoms with Gasteiger partial charge in [0.25, 0.3) is 11.8 Å². The number of aryl methyl sites for hydroxylation is 3. The van der Waals surface area contributed by atoms with Gasteiger partial charge in [-0.3, -0.25) is 9.59 Å². The van der Waals surface area contributed by atoms with E-state index in [9.17, 15) is 9.59 Å². The Bertz CT molecular complexity index is 1980. The van der Waals surface area contributed by atoms with Crippen molar-refractivity contribution in [3.8, 4) is 28.7 Å². The van der Waals surface area contributed by atoms with Crippen molar-refractivity contribution >= 4 is 17.5 Å². The maximum absolute atomic E-state index is 13.4. The van der Waals surface area contributed by atoms with Gasteiger partial charge in [0.1, 0.15) is 24.2 Å². The number of hydrogen-bond donors (Lipinski definition) is 0. The van der Waals surface area contributed by atoms with E-state index in [1.54, 1.807) is 36.2 Å². The molecule has 1 aliphatic heterocycles. The molecule has 0 spiro atoms. The Morgan fingerprint density at radius 2 is 1.38 bits per heavy atom. The lowest BCUT2D eigenvalue weighted by atomic mass is 9.94. The molecule has 1 fully saturated rings. The number of likely N-dealkylation sites (tertiary alicyclic amines) is 1. The third-order valence-electron chi connectivity index (χ3n) is 9.28. The first-order chi connectivity index (χ1) is 24.2. The van der Waals surface area contributed by atoms with Crippen LogP contribution in [0.4, 0.5) is 5.69 Å². The molecule has 0 aliphatic carbocycles. The third kappa shape index (κ3) is 7.88. The van der Waals surface area contributed by atoms with Crippen LogP contribution in [0.5, 0.6) is 11.5 Å². The van der Waals surface area contributed by atoms with E-state index < -0.39 is 0 Å². The van der Waals surface area contributed by atoms with Crippen LogP contribution in [0, 0.1) is 32.1 Å². The SMILES string of the molecule is Cc1ccc(C(=O)N2CCC(Oc3ccc(COc4ccc(-c5cc(C)c(C(=O)N(C)c6ccc(C#N)cc6)c(C)c5)cc4)cc3)CC2)cc1. The van der Waals surface area contributed by atoms with Crippen molar-refractivity contribution in [1.82, 2.24) is 4.90 Å². The topological polar surface area (TPSA) is 82.9 Å². The standard InChI is InChI=1S/C43H41N3O4/c1-29-5-11-35(12-6-29)42(47)46-23-21-40(22-24-46)50-39-17-9-33(10-18-39)28-49-38-19-13-34(14-20-38)36-25-30(2)41(31(3)26-36)43(48)45(4)37-15-7-32(27-44)8-16-37/h5-20,25-26,40H,21-24,28H2,1-4H3. The molecule has 1 heterocycles. The summed E-state index contributed by atoms with van der Waals surface area (Å²) in [5, 5.41) is 9.08. The number of carbonyl (C=O) groups excluding carboxylic acids is 2. The fourth-order valence-corrected chi connectivity index (χ4v) is 6.33. The zero-order valence-corrected chi connectivity index (χ0v) is 29.0. The molecule has 7 heteroatoms. The lowest BCUT2D eigenvalue weighted by Gasteiger charge is -2.32. The maximum atomic E-state index is 13.4. The minimum Gasteiger partial charge on any atom is -0.490 e. The molecule has 0 N–H and O–H groups in total. The van der Waals surface area contributed by atoms with Crippen LogP contribution in [-0.2, 0) is 6.61 Å². The van der Waals surface area contributed by atoms with Crippen LogP contribution >= 0.6 is 0 Å². The number of ether oxygens (including phenoxy) is 2. The molecule has 0 radical (unpaired) electrons. The fraction of sp³-hybridized carbons (Fsp3) is 0.233. The summed E-state index contributed by atoms with van der Waals surface area (Å²) in [6.45, 7) is 7.75. The monoisotopic (exact) mass is 663 g/mol. The Kier molecular flexibility index (Phi) is 10.3. The van der Waals surface area contributed by atoms with Gasteiger partial charge < -0.3 is 19.3 Å². The lowest BCUT2D eigenvalue weighted by Crippen LogP contribution is -2.41. The van der Waals surface area contributed by atoms with Gasteiger partial charge in [-0.15, -0.1) is 0 Å². The zero-order valence-electron chi connectivity index (χ0n) is 29.0. The smallest absolute Gasteiger partial charge is 0.258 e. The van der Waals surface area contributed by atoms with Gasteiger partial charge >= 0.3 is 0 Å². The summed E-state index contributed by atoms with van der Waals surface area (Å²) in [7, 11) is 1.75. The molecule has 2 amide bonds. The van der Waals surface area contributed by atoms with Crippen LogP contribution < -0.4 is 14.4 Å². The van der Waals surface area contributed by atoms with Crippen LogP contribution in [0.25, 0.3) is 11.1 Å². The second kappa shape index (κ2) is 15.1. The number of amides is 2. The van der Waals surface area contributed by atoms with Crippen molar-refractivity contribution in [2.75, 3.05) is 25.0 Å². The number of rotatable bonds is 9. The van der Waals surface area contributed by atoms with Crippen LogP contribution in [-0.4, -0.2) is 43.0 Å². The van der Waals surface area contributed by atoms with Gasteiger partial charge in [0.15, 0.2) is 0 Å². The normalized spacial score (nSPS) is 13.0. The largest absolute Gasteiger partial charge is 0.490 e. The van der Waals surface area contributed by atoms with E-state index in [1.807, 2.05) is 111 Å². The predicted molar refractivity (Wildman–Crippen MR) is 197 cm³/mol. The Morgan fingerprint density at radius 3 is 1.98 bits per heavy atom. The molecule has 50 heavy (non-hydrogen) atoms. The minimum absolute atomic E-state index is 0.0807. The van der Waals surface area contributed by atoms with Crippen molar-refractivity contribution in [3.05, 3.63) is 148 Å². The minimum atomic E-state index is -0.0906. The maximum Gasteiger partial charge on any atom is 0.258 e. The highest BCUT2D eigenvalue weighted by Crippen LogP contribution is 2.29. The van der Waals surface area contributed by atoms with E-state index in [-0.39, 0.29) is 17.9 Å². The van der Waals surface area contributed by atoms with Crippen LogP contribution in [0.3, 0.4) is 0 Å². The average Bonchev–Trinajstić information content (AvgIpc) is 3.14. The van der Waals surface area contributed by atoms with Crippen molar-refractivity contribution in [1.29, 1.82) is 5.26 Å². The third-order valence-corrected chi connectivity index (χ3v) is 9.28. The molecule has 5 aromatic carbocycles. The number of carbonyl (C=O) groups is 2. The van der Waals surface area contributed by atoms with Gasteiger partial charge in [-0.25, -0.2) is 0 Å². The van der Waals surface area contributed by atoms with Gasteiger partial charge in [-0.1, -0.05) is 54.1 Å². The van der Waals surface area contributed by atoms with E-state index in [2.05, 4.69) is 6.07 Å². The van der Waals surface area contributed by atoms with E-state index in [1.165, 1.54) is 0 Å². The van der Waals surface area contributed by atoms with E-state index in [0.717, 1.165) is 69.0 Å². The van der Waals surface area contributed by atoms with Crippen LogP contribution in [0.1, 0.15) is 61.4 Å². The summed E-state index contributed by atoms with van der Waals surface area (Å²) < 4.78 is 12.3. The number of benzene rings is 5. The highest BCUT2D eigenvalue weighted by Gasteiger charge is 2.25. The Balaban J connectivity index is 0.997. The molecule has 6 rings (SSSR count). The number of hydrogen-bond acceptors (Lipinski definition) is 5. The first kappa shape index (κ1) is 34.0. The molecule has 0 saturated carbocycles. The van der Waals surface area contributed by atoms with E-state index in [4.69, 9.17) is 14.7 Å². The second-order valence-corrected chi connectivity index (χ2v) is 12.9. The van der Waals surface area contributed by atoms with Crippen LogP contribution in [0.2, 0.25) is 0 Å². The quantitative estimate of drug-likeness (QED) is 0.158. The molecule has 7 nitrogen and oxygen atoms in total. The van der Waals surface area contributed by atoms with Gasteiger partial charge in [0.05, 0.1) is 11.6 Å². The molecule has 5 aromatic rings. The van der Waals surface area contributed by atoms with Crippen molar-refractivity contribution in [3.63, 3.8) is 0 Å². The summed E-state index contributed by atoms with van der Waals surface area (Å²) in [5.74, 6) is 1.58. The Hall–Kier alpha value is -5.87. The summed E-state index contributed by atoms with van der Waals surface area (Å²) >= 11 is 0. The number of nitrogens with zero attached hydrogens (tertiary/aromatic N) is 3. The van der Waals surface area contributed by atoms with Crippen molar-refractivity contribution in [2.24, 2.45) is 0 Å². The first-order valence-corrected chi connectivity index (χ1v) is 16.9. The number of anilines is 1. The van der Waals surface area contributed by atoms with E-state index in [0.29, 0.717) is 30.8 Å². The number of piperidine rings is 1. The molecular formula is C43H41N3O4. The molecular weight excluding hydrogens is 622 g/mol. The molecule has 1 aliphatic rings. The highest BCUT2D eigenvalue weighted by molar-refractivity contribution is 6.08. The van der Waals surface area contributed by atoms with E-state index >= 15 is 0 Å². The summed E-state index contributed by atoms with van der Waals surface area (Å²) in [5.41, 5.74) is 8.75. The zero-order chi connectivity index (χ0) is 35.2. The predicted octanol–water partition coefficient (Wildman–Crippen LogP) is 8.69. The number of nitriles is 1. The van der Waals surface area contributed by atoms with Gasteiger partial charge in [0, 0.05) is 49.8 Å². The molecule has 0 bridgehead atoms. The van der Waals surface area contributed by atoms with Gasteiger partial charge in [0.2, 0.25) is 0 Å². The molecule has 0 atom stereocenters. The highest BCUT2D eigenvalue weighted by atomic mass is 16.5. The van der Waals surface area contributed by atoms with Gasteiger partial charge in [-0.2, -0.15) is 5.26 Å². The van der Waals surface area contributed by atoms with Crippen molar-refractivity contribution < 1.29 is 19.1 Å². The fourth-order valence-electron chi connectivity index (χ4n) is 6.33. The summed E-state index contributed by atoms with van der Waals surface area (Å²) in [6, 6.07) is 36.9. The molecule has 0 unspecified atom stereocenters. The van der Waals surface area contributed by atoms with Crippen LogP contribution in [0.15, 0.2) is 109 Å². The summed E-state index contributed by atoms with van der Waals surface area (Å²) in [6.07, 6.45) is 1.69. The van der Waals surface area contributed by atoms with Gasteiger partial charge in [-0.05, 0) is 109 Å². The Labute approximate surface area is 294 Å². The Morgan fingerprint density at radius 1 is 0.780 bits per heavy atom. The molecule has 1 saturated heterocycles. The second-order valence-electron chi connectivity index (χ2n) is 12.9. The average molecular weight is 664 g/mol. The first-order valence-electron chi connectivity index (χ1n) is 16.9. The molecule has 252 valence electrons.